The third-order valence-electron chi connectivity index (χ3n) is 4.53. The molecule has 2 rings (SSSR count). The van der Waals surface area contributed by atoms with Crippen molar-refractivity contribution in [3.63, 3.8) is 0 Å². The maximum atomic E-state index is 9.56. The first kappa shape index (κ1) is 16.5. The van der Waals surface area contributed by atoms with Gasteiger partial charge in [0.1, 0.15) is 0 Å². The largest absolute Gasteiger partial charge is 0.393 e. The Labute approximate surface area is 129 Å². The van der Waals surface area contributed by atoms with Crippen molar-refractivity contribution < 1.29 is 5.11 Å². The molecule has 0 aliphatic carbocycles. The van der Waals surface area contributed by atoms with Crippen LogP contribution in [0.25, 0.3) is 0 Å². The summed E-state index contributed by atoms with van der Waals surface area (Å²) in [7, 11) is 0. The van der Waals surface area contributed by atoms with Gasteiger partial charge in [-0.1, -0.05) is 37.3 Å². The number of hydrogen-bond acceptors (Lipinski definition) is 3. The van der Waals surface area contributed by atoms with Crippen LogP contribution in [0.5, 0.6) is 0 Å². The lowest BCUT2D eigenvalue weighted by molar-refractivity contribution is 0.153. The van der Waals surface area contributed by atoms with E-state index >= 15 is 0 Å². The normalized spacial score (nSPS) is 18.8. The molecule has 1 aromatic rings. The molecule has 1 aromatic carbocycles. The summed E-state index contributed by atoms with van der Waals surface area (Å²) < 4.78 is 0. The fourth-order valence-electron chi connectivity index (χ4n) is 2.95. The van der Waals surface area contributed by atoms with Crippen LogP contribution < -0.4 is 5.32 Å². The summed E-state index contributed by atoms with van der Waals surface area (Å²) >= 11 is 0. The summed E-state index contributed by atoms with van der Waals surface area (Å²) in [6.45, 7) is 6.55. The average molecular weight is 290 g/mol. The molecule has 1 aliphatic rings. The van der Waals surface area contributed by atoms with Crippen molar-refractivity contribution >= 4 is 0 Å². The molecule has 0 bridgehead atoms. The number of piperidine rings is 1. The first-order valence-corrected chi connectivity index (χ1v) is 8.45. The van der Waals surface area contributed by atoms with E-state index in [-0.39, 0.29) is 6.10 Å². The van der Waals surface area contributed by atoms with E-state index in [1.807, 2.05) is 6.92 Å². The second-order valence-corrected chi connectivity index (χ2v) is 6.16. The maximum Gasteiger partial charge on any atom is 0.0549 e. The Kier molecular flexibility index (Phi) is 7.20. The predicted molar refractivity (Wildman–Crippen MR) is 88.5 cm³/mol. The molecule has 1 saturated heterocycles. The van der Waals surface area contributed by atoms with E-state index in [1.54, 1.807) is 0 Å². The molecule has 0 amide bonds. The fraction of sp³-hybridized carbons (Fsp3) is 0.667. The van der Waals surface area contributed by atoms with Crippen molar-refractivity contribution in [1.29, 1.82) is 0 Å². The van der Waals surface area contributed by atoms with E-state index in [0.29, 0.717) is 6.04 Å². The lowest BCUT2D eigenvalue weighted by Gasteiger charge is -2.32. The molecule has 1 heterocycles. The van der Waals surface area contributed by atoms with Gasteiger partial charge < -0.3 is 15.3 Å². The summed E-state index contributed by atoms with van der Waals surface area (Å²) in [6, 6.07) is 11.4. The zero-order chi connectivity index (χ0) is 14.9. The van der Waals surface area contributed by atoms with E-state index < -0.39 is 0 Å². The van der Waals surface area contributed by atoms with Crippen LogP contribution >= 0.6 is 0 Å². The van der Waals surface area contributed by atoms with Crippen LogP contribution in [-0.4, -0.2) is 48.3 Å². The SMILES string of the molecule is CCC(O)CCNC1CCN(CCc2ccccc2)CC1. The van der Waals surface area contributed by atoms with Gasteiger partial charge in [-0.2, -0.15) is 0 Å². The van der Waals surface area contributed by atoms with Crippen LogP contribution in [0.15, 0.2) is 30.3 Å². The van der Waals surface area contributed by atoms with Gasteiger partial charge in [-0.15, -0.1) is 0 Å². The Morgan fingerprint density at radius 1 is 1.24 bits per heavy atom. The van der Waals surface area contributed by atoms with Crippen LogP contribution in [0.4, 0.5) is 0 Å². The van der Waals surface area contributed by atoms with Crippen molar-refractivity contribution in [2.75, 3.05) is 26.2 Å². The van der Waals surface area contributed by atoms with Gasteiger partial charge in [0.05, 0.1) is 6.10 Å². The second-order valence-electron chi connectivity index (χ2n) is 6.16. The number of likely N-dealkylation sites (tertiary alicyclic amines) is 1. The second kappa shape index (κ2) is 9.19. The van der Waals surface area contributed by atoms with Gasteiger partial charge in [-0.05, 0) is 57.3 Å². The summed E-state index contributed by atoms with van der Waals surface area (Å²) in [4.78, 5) is 2.58. The molecule has 21 heavy (non-hydrogen) atoms. The van der Waals surface area contributed by atoms with Crippen LogP contribution in [0, 0.1) is 0 Å². The molecule has 1 fully saturated rings. The van der Waals surface area contributed by atoms with Crippen LogP contribution in [0.3, 0.4) is 0 Å². The van der Waals surface area contributed by atoms with Gasteiger partial charge in [0, 0.05) is 12.6 Å². The van der Waals surface area contributed by atoms with Crippen molar-refractivity contribution in [2.45, 2.75) is 51.2 Å². The van der Waals surface area contributed by atoms with Crippen molar-refractivity contribution in [2.24, 2.45) is 0 Å². The Morgan fingerprint density at radius 2 is 1.95 bits per heavy atom. The molecular formula is C18H30N2O. The molecule has 1 atom stereocenters. The number of aliphatic hydroxyl groups is 1. The molecule has 3 heteroatoms. The minimum Gasteiger partial charge on any atom is -0.393 e. The van der Waals surface area contributed by atoms with Crippen molar-refractivity contribution in [3.05, 3.63) is 35.9 Å². The van der Waals surface area contributed by atoms with Crippen LogP contribution in [0.2, 0.25) is 0 Å². The molecule has 0 saturated carbocycles. The zero-order valence-corrected chi connectivity index (χ0v) is 13.3. The van der Waals surface area contributed by atoms with Gasteiger partial charge in [0.15, 0.2) is 0 Å². The molecule has 2 N–H and O–H groups in total. The topological polar surface area (TPSA) is 35.5 Å². The molecular weight excluding hydrogens is 260 g/mol. The predicted octanol–water partition coefficient (Wildman–Crippen LogP) is 2.44. The number of benzene rings is 1. The molecule has 3 nitrogen and oxygen atoms in total. The lowest BCUT2D eigenvalue weighted by Crippen LogP contribution is -2.43. The summed E-state index contributed by atoms with van der Waals surface area (Å²) in [6.07, 6.45) is 5.23. The number of rotatable bonds is 8. The third kappa shape index (κ3) is 6.16. The monoisotopic (exact) mass is 290 g/mol. The Morgan fingerprint density at radius 3 is 2.62 bits per heavy atom. The molecule has 1 aliphatic heterocycles. The number of hydrogen-bond donors (Lipinski definition) is 2. The smallest absolute Gasteiger partial charge is 0.0549 e. The molecule has 1 unspecified atom stereocenters. The molecule has 0 radical (unpaired) electrons. The average Bonchev–Trinajstić information content (AvgIpc) is 2.55. The first-order valence-electron chi connectivity index (χ1n) is 8.45. The Bertz CT molecular complexity index is 374. The van der Waals surface area contributed by atoms with Gasteiger partial charge in [0.25, 0.3) is 0 Å². The van der Waals surface area contributed by atoms with Crippen molar-refractivity contribution in [1.82, 2.24) is 10.2 Å². The number of aliphatic hydroxyl groups excluding tert-OH is 1. The van der Waals surface area contributed by atoms with Gasteiger partial charge in [-0.25, -0.2) is 0 Å². The number of nitrogens with zero attached hydrogens (tertiary/aromatic N) is 1. The molecule has 0 aromatic heterocycles. The molecule has 0 spiro atoms. The van der Waals surface area contributed by atoms with Crippen molar-refractivity contribution in [3.8, 4) is 0 Å². The highest BCUT2D eigenvalue weighted by Crippen LogP contribution is 2.11. The van der Waals surface area contributed by atoms with E-state index in [0.717, 1.165) is 25.8 Å². The lowest BCUT2D eigenvalue weighted by atomic mass is 10.0. The first-order chi connectivity index (χ1) is 10.3. The van der Waals surface area contributed by atoms with E-state index in [2.05, 4.69) is 40.5 Å². The minimum atomic E-state index is -0.136. The quantitative estimate of drug-likeness (QED) is 0.772. The summed E-state index contributed by atoms with van der Waals surface area (Å²) in [5.74, 6) is 0. The highest BCUT2D eigenvalue weighted by atomic mass is 16.3. The highest BCUT2D eigenvalue weighted by molar-refractivity contribution is 5.14. The van der Waals surface area contributed by atoms with Gasteiger partial charge in [-0.3, -0.25) is 0 Å². The Balaban J connectivity index is 1.58. The standard InChI is InChI=1S/C18H30N2O/c1-2-18(21)8-12-19-17-10-14-20(15-11-17)13-9-16-6-4-3-5-7-16/h3-7,17-19,21H,2,8-15H2,1H3. The summed E-state index contributed by atoms with van der Waals surface area (Å²) in [5.41, 5.74) is 1.44. The van der Waals surface area contributed by atoms with Crippen LogP contribution in [0.1, 0.15) is 38.2 Å². The Hall–Kier alpha value is -0.900. The minimum absolute atomic E-state index is 0.136. The van der Waals surface area contributed by atoms with E-state index in [9.17, 15) is 5.11 Å². The van der Waals surface area contributed by atoms with Gasteiger partial charge in [0.2, 0.25) is 0 Å². The molecule has 118 valence electrons. The third-order valence-corrected chi connectivity index (χ3v) is 4.53. The van der Waals surface area contributed by atoms with Crippen LogP contribution in [-0.2, 0) is 6.42 Å². The summed E-state index contributed by atoms with van der Waals surface area (Å²) in [5, 5.41) is 13.2. The number of nitrogens with one attached hydrogen (secondary N) is 1. The van der Waals surface area contributed by atoms with E-state index in [1.165, 1.54) is 38.0 Å². The zero-order valence-electron chi connectivity index (χ0n) is 13.3. The van der Waals surface area contributed by atoms with Gasteiger partial charge >= 0.3 is 0 Å². The van der Waals surface area contributed by atoms with E-state index in [4.69, 9.17) is 0 Å². The fourth-order valence-corrected chi connectivity index (χ4v) is 2.95. The maximum absolute atomic E-state index is 9.56. The highest BCUT2D eigenvalue weighted by Gasteiger charge is 2.18.